The number of hydrogen-bond acceptors (Lipinski definition) is 3. The number of urea groups is 1. The van der Waals surface area contributed by atoms with Crippen molar-refractivity contribution >= 4 is 17.9 Å². The van der Waals surface area contributed by atoms with Crippen molar-refractivity contribution in [3.8, 4) is 0 Å². The number of nitrogens with zero attached hydrogens (tertiary/aromatic N) is 1. The molecule has 0 aliphatic heterocycles. The van der Waals surface area contributed by atoms with Crippen molar-refractivity contribution in [1.29, 1.82) is 0 Å². The first kappa shape index (κ1) is 15.2. The number of hydrogen-bond donors (Lipinski definition) is 3. The minimum Gasteiger partial charge on any atom is -0.480 e. The van der Waals surface area contributed by atoms with E-state index in [-0.39, 0.29) is 12.5 Å². The largest absolute Gasteiger partial charge is 0.480 e. The van der Waals surface area contributed by atoms with Gasteiger partial charge in [-0.2, -0.15) is 0 Å². The molecule has 0 aliphatic carbocycles. The van der Waals surface area contributed by atoms with Crippen molar-refractivity contribution in [2.75, 3.05) is 19.6 Å². The van der Waals surface area contributed by atoms with E-state index < -0.39 is 18.0 Å². The van der Waals surface area contributed by atoms with Crippen LogP contribution in [0.4, 0.5) is 4.79 Å². The van der Waals surface area contributed by atoms with Crippen LogP contribution < -0.4 is 10.6 Å². The third kappa shape index (κ3) is 5.74. The molecule has 7 heteroatoms. The van der Waals surface area contributed by atoms with Crippen molar-refractivity contribution in [3.05, 3.63) is 0 Å². The van der Waals surface area contributed by atoms with Crippen molar-refractivity contribution in [1.82, 2.24) is 15.5 Å². The SMILES string of the molecule is CCN(CC)C(=O)CNC(=O)N[C@H](C)C(=O)O. The molecule has 0 rings (SSSR count). The number of likely N-dealkylation sites (N-methyl/N-ethyl adjacent to an activating group) is 1. The lowest BCUT2D eigenvalue weighted by Crippen LogP contribution is -2.47. The Kier molecular flexibility index (Phi) is 6.69. The number of carboxylic acids is 1. The summed E-state index contributed by atoms with van der Waals surface area (Å²) in [6.45, 7) is 6.03. The van der Waals surface area contributed by atoms with Crippen LogP contribution in [0.25, 0.3) is 0 Å². The van der Waals surface area contributed by atoms with Gasteiger partial charge in [0.15, 0.2) is 0 Å². The Hall–Kier alpha value is -1.79. The molecule has 0 radical (unpaired) electrons. The van der Waals surface area contributed by atoms with Crippen LogP contribution in [0.5, 0.6) is 0 Å². The molecule has 0 aromatic heterocycles. The second-order valence-electron chi connectivity index (χ2n) is 3.45. The minimum atomic E-state index is -1.13. The van der Waals surface area contributed by atoms with E-state index in [0.717, 1.165) is 0 Å². The van der Waals surface area contributed by atoms with Crippen LogP contribution in [-0.2, 0) is 9.59 Å². The number of carboxylic acid groups (broad SMARTS) is 1. The summed E-state index contributed by atoms with van der Waals surface area (Å²) in [6, 6.07) is -1.65. The quantitative estimate of drug-likeness (QED) is 0.594. The Morgan fingerprint density at radius 3 is 2.18 bits per heavy atom. The fourth-order valence-corrected chi connectivity index (χ4v) is 1.15. The lowest BCUT2D eigenvalue weighted by molar-refractivity contribution is -0.138. The molecule has 98 valence electrons. The summed E-state index contributed by atoms with van der Waals surface area (Å²) in [5.74, 6) is -1.33. The van der Waals surface area contributed by atoms with Gasteiger partial charge >= 0.3 is 12.0 Å². The standard InChI is InChI=1S/C10H19N3O4/c1-4-13(5-2)8(14)6-11-10(17)12-7(3)9(15)16/h7H,4-6H2,1-3H3,(H,15,16)(H2,11,12,17)/t7-/m1/s1. The summed E-state index contributed by atoms with van der Waals surface area (Å²) in [5, 5.41) is 13.1. The molecule has 1 atom stereocenters. The molecule has 0 unspecified atom stereocenters. The molecule has 0 fully saturated rings. The molecule has 0 aromatic carbocycles. The molecule has 17 heavy (non-hydrogen) atoms. The van der Waals surface area contributed by atoms with E-state index in [1.807, 2.05) is 13.8 Å². The average Bonchev–Trinajstić information content (AvgIpc) is 2.27. The van der Waals surface area contributed by atoms with Crippen molar-refractivity contribution < 1.29 is 19.5 Å². The Morgan fingerprint density at radius 2 is 1.76 bits per heavy atom. The molecule has 0 spiro atoms. The lowest BCUT2D eigenvalue weighted by atomic mass is 10.3. The highest BCUT2D eigenvalue weighted by atomic mass is 16.4. The second kappa shape index (κ2) is 7.48. The number of rotatable bonds is 6. The highest BCUT2D eigenvalue weighted by Gasteiger charge is 2.15. The number of amides is 3. The summed E-state index contributed by atoms with van der Waals surface area (Å²) in [6.07, 6.45) is 0. The van der Waals surface area contributed by atoms with E-state index in [9.17, 15) is 14.4 Å². The van der Waals surface area contributed by atoms with Gasteiger partial charge in [0, 0.05) is 13.1 Å². The van der Waals surface area contributed by atoms with Crippen LogP contribution in [0.1, 0.15) is 20.8 Å². The van der Waals surface area contributed by atoms with E-state index in [1.54, 1.807) is 4.90 Å². The first-order chi connectivity index (χ1) is 7.92. The fraction of sp³-hybridized carbons (Fsp3) is 0.700. The van der Waals surface area contributed by atoms with Gasteiger partial charge in [-0.05, 0) is 20.8 Å². The van der Waals surface area contributed by atoms with Crippen molar-refractivity contribution in [3.63, 3.8) is 0 Å². The molecular weight excluding hydrogens is 226 g/mol. The third-order valence-electron chi connectivity index (χ3n) is 2.23. The highest BCUT2D eigenvalue weighted by molar-refractivity contribution is 5.86. The lowest BCUT2D eigenvalue weighted by Gasteiger charge is -2.19. The molecule has 0 saturated heterocycles. The average molecular weight is 245 g/mol. The zero-order valence-electron chi connectivity index (χ0n) is 10.3. The predicted molar refractivity (Wildman–Crippen MR) is 61.6 cm³/mol. The summed E-state index contributed by atoms with van der Waals surface area (Å²) >= 11 is 0. The number of nitrogens with one attached hydrogen (secondary N) is 2. The monoisotopic (exact) mass is 245 g/mol. The van der Waals surface area contributed by atoms with E-state index in [1.165, 1.54) is 6.92 Å². The van der Waals surface area contributed by atoms with Crippen LogP contribution in [0, 0.1) is 0 Å². The molecular formula is C10H19N3O4. The number of carbonyl (C=O) groups is 3. The van der Waals surface area contributed by atoms with Gasteiger partial charge < -0.3 is 20.6 Å². The fourth-order valence-electron chi connectivity index (χ4n) is 1.15. The van der Waals surface area contributed by atoms with Gasteiger partial charge in [0.05, 0.1) is 6.54 Å². The molecule has 3 amide bonds. The van der Waals surface area contributed by atoms with Gasteiger partial charge in [-0.1, -0.05) is 0 Å². The van der Waals surface area contributed by atoms with Gasteiger partial charge in [0.2, 0.25) is 5.91 Å². The molecule has 0 aliphatic rings. The summed E-state index contributed by atoms with van der Waals surface area (Å²) in [4.78, 5) is 34.7. The van der Waals surface area contributed by atoms with E-state index in [4.69, 9.17) is 5.11 Å². The maximum Gasteiger partial charge on any atom is 0.325 e. The first-order valence-corrected chi connectivity index (χ1v) is 5.47. The van der Waals surface area contributed by atoms with Gasteiger partial charge in [0.25, 0.3) is 0 Å². The van der Waals surface area contributed by atoms with Crippen LogP contribution in [-0.4, -0.2) is 53.6 Å². The molecule has 0 aromatic rings. The van der Waals surface area contributed by atoms with Crippen LogP contribution in [0.3, 0.4) is 0 Å². The van der Waals surface area contributed by atoms with E-state index >= 15 is 0 Å². The Bertz CT molecular complexity index is 289. The molecule has 0 bridgehead atoms. The first-order valence-electron chi connectivity index (χ1n) is 5.47. The highest BCUT2D eigenvalue weighted by Crippen LogP contribution is 1.87. The summed E-state index contributed by atoms with van der Waals surface area (Å²) < 4.78 is 0. The van der Waals surface area contributed by atoms with Crippen LogP contribution in [0.15, 0.2) is 0 Å². The molecule has 7 nitrogen and oxygen atoms in total. The van der Waals surface area contributed by atoms with E-state index in [2.05, 4.69) is 10.6 Å². The van der Waals surface area contributed by atoms with E-state index in [0.29, 0.717) is 13.1 Å². The van der Waals surface area contributed by atoms with Crippen LogP contribution >= 0.6 is 0 Å². The number of carbonyl (C=O) groups excluding carboxylic acids is 2. The summed E-state index contributed by atoms with van der Waals surface area (Å²) in [7, 11) is 0. The minimum absolute atomic E-state index is 0.139. The molecule has 0 heterocycles. The third-order valence-corrected chi connectivity index (χ3v) is 2.23. The summed E-state index contributed by atoms with van der Waals surface area (Å²) in [5.41, 5.74) is 0. The van der Waals surface area contributed by atoms with Gasteiger partial charge in [-0.25, -0.2) is 4.79 Å². The topological polar surface area (TPSA) is 98.7 Å². The van der Waals surface area contributed by atoms with Gasteiger partial charge in [0.1, 0.15) is 6.04 Å². The van der Waals surface area contributed by atoms with Crippen LogP contribution in [0.2, 0.25) is 0 Å². The normalized spacial score (nSPS) is 11.5. The zero-order chi connectivity index (χ0) is 13.4. The van der Waals surface area contributed by atoms with Crippen molar-refractivity contribution in [2.45, 2.75) is 26.8 Å². The Labute approximate surface area is 100 Å². The van der Waals surface area contributed by atoms with Gasteiger partial charge in [-0.3, -0.25) is 9.59 Å². The maximum absolute atomic E-state index is 11.5. The molecule has 3 N–H and O–H groups in total. The number of aliphatic carboxylic acids is 1. The molecule has 0 saturated carbocycles. The predicted octanol–water partition coefficient (Wildman–Crippen LogP) is -0.373. The Balaban J connectivity index is 3.99. The van der Waals surface area contributed by atoms with Crippen molar-refractivity contribution in [2.24, 2.45) is 0 Å². The van der Waals surface area contributed by atoms with Gasteiger partial charge in [-0.15, -0.1) is 0 Å². The second-order valence-corrected chi connectivity index (χ2v) is 3.45. The maximum atomic E-state index is 11.5. The smallest absolute Gasteiger partial charge is 0.325 e. The zero-order valence-corrected chi connectivity index (χ0v) is 10.3. The Morgan fingerprint density at radius 1 is 1.24 bits per heavy atom.